The van der Waals surface area contributed by atoms with Gasteiger partial charge < -0.3 is 20.1 Å². The first-order chi connectivity index (χ1) is 11.9. The van der Waals surface area contributed by atoms with Crippen LogP contribution in [0.4, 0.5) is 0 Å². The first kappa shape index (κ1) is 22.3. The second kappa shape index (κ2) is 11.8. The highest BCUT2D eigenvalue weighted by atomic mass is 127. The average molecular weight is 574 g/mol. The molecule has 0 aliphatic rings. The van der Waals surface area contributed by atoms with Gasteiger partial charge in [0, 0.05) is 0 Å². The normalized spacial score (nSPS) is 10.7. The van der Waals surface area contributed by atoms with Crippen LogP contribution in [0.15, 0.2) is 18.2 Å². The van der Waals surface area contributed by atoms with Gasteiger partial charge in [0.2, 0.25) is 11.8 Å². The maximum atomic E-state index is 11.8. The van der Waals surface area contributed by atoms with Crippen LogP contribution in [-0.4, -0.2) is 34.4 Å². The summed E-state index contributed by atoms with van der Waals surface area (Å²) >= 11 is 3.96. The first-order valence-corrected chi connectivity index (χ1v) is 11.0. The van der Waals surface area contributed by atoms with Gasteiger partial charge in [0.25, 0.3) is 0 Å². The summed E-state index contributed by atoms with van der Waals surface area (Å²) in [6.07, 6.45) is 0.341. The Morgan fingerprint density at radius 3 is 2.16 bits per heavy atom. The van der Waals surface area contributed by atoms with E-state index in [1.807, 2.05) is 51.2 Å². The van der Waals surface area contributed by atoms with E-state index in [4.69, 9.17) is 9.47 Å². The van der Waals surface area contributed by atoms with E-state index in [0.717, 1.165) is 12.0 Å². The molecule has 8 heteroatoms. The zero-order valence-corrected chi connectivity index (χ0v) is 18.9. The smallest absolute Gasteiger partial charge is 0.231 e. The monoisotopic (exact) mass is 574 g/mol. The molecule has 1 aromatic rings. The Hall–Kier alpha value is -0.780. The molecule has 0 aromatic heterocycles. The van der Waals surface area contributed by atoms with Crippen molar-refractivity contribution in [2.24, 2.45) is 5.92 Å². The highest BCUT2D eigenvalue weighted by molar-refractivity contribution is 14.1. The number of carbonyl (C=O) groups is 2. The molecule has 0 aliphatic carbocycles. The number of ether oxygens (including phenoxy) is 2. The molecule has 140 valence electrons. The number of benzene rings is 1. The van der Waals surface area contributed by atoms with Gasteiger partial charge in [0.05, 0.1) is 22.6 Å². The molecule has 0 atom stereocenters. The molecule has 0 aliphatic heterocycles. The van der Waals surface area contributed by atoms with Gasteiger partial charge in [-0.2, -0.15) is 0 Å². The lowest BCUT2D eigenvalue weighted by Gasteiger charge is -2.21. The predicted molar refractivity (Wildman–Crippen MR) is 115 cm³/mol. The number of methoxy groups -OCH3 is 1. The molecule has 0 saturated carbocycles. The van der Waals surface area contributed by atoms with E-state index in [2.05, 4.69) is 24.5 Å². The zero-order valence-electron chi connectivity index (χ0n) is 14.6. The lowest BCUT2D eigenvalue weighted by Crippen LogP contribution is -2.41. The molecule has 25 heavy (non-hydrogen) atoms. The maximum absolute atomic E-state index is 11.8. The second-order valence-corrected chi connectivity index (χ2v) is 7.30. The highest BCUT2D eigenvalue weighted by Crippen LogP contribution is 2.30. The fourth-order valence-electron chi connectivity index (χ4n) is 1.99. The third kappa shape index (κ3) is 7.97. The van der Waals surface area contributed by atoms with Crippen molar-refractivity contribution in [3.8, 4) is 11.5 Å². The van der Waals surface area contributed by atoms with E-state index >= 15 is 0 Å². The number of hydrogen-bond donors (Lipinski definition) is 2. The first-order valence-electron chi connectivity index (χ1n) is 7.92. The number of amides is 2. The van der Waals surface area contributed by atoms with E-state index in [-0.39, 0.29) is 11.8 Å². The van der Waals surface area contributed by atoms with E-state index in [1.54, 1.807) is 19.2 Å². The number of rotatable bonds is 10. The predicted octanol–water partition coefficient (Wildman–Crippen LogP) is 3.22. The molecule has 6 nitrogen and oxygen atoms in total. The topological polar surface area (TPSA) is 76.7 Å². The zero-order chi connectivity index (χ0) is 18.8. The van der Waals surface area contributed by atoms with Crippen LogP contribution in [0.5, 0.6) is 11.5 Å². The summed E-state index contributed by atoms with van der Waals surface area (Å²) in [6, 6.07) is 5.39. The van der Waals surface area contributed by atoms with Gasteiger partial charge in [0.1, 0.15) is 6.17 Å². The van der Waals surface area contributed by atoms with Crippen molar-refractivity contribution in [1.29, 1.82) is 0 Å². The Kier molecular flexibility index (Phi) is 10.5. The van der Waals surface area contributed by atoms with E-state index < -0.39 is 6.17 Å². The number of halogens is 2. The van der Waals surface area contributed by atoms with Gasteiger partial charge >= 0.3 is 0 Å². The van der Waals surface area contributed by atoms with Crippen LogP contribution in [0.25, 0.3) is 0 Å². The molecule has 0 bridgehead atoms. The lowest BCUT2D eigenvalue weighted by atomic mass is 10.1. The van der Waals surface area contributed by atoms with Crippen LogP contribution in [0, 0.1) is 5.92 Å². The molecular weight excluding hydrogens is 550 g/mol. The number of hydrogen-bond acceptors (Lipinski definition) is 4. The molecule has 0 fully saturated rings. The van der Waals surface area contributed by atoms with Crippen molar-refractivity contribution in [3.05, 3.63) is 23.8 Å². The van der Waals surface area contributed by atoms with Crippen molar-refractivity contribution in [2.45, 2.75) is 26.4 Å². The van der Waals surface area contributed by atoms with Crippen LogP contribution in [0.2, 0.25) is 0 Å². The Balaban J connectivity index is 2.97. The fourth-order valence-corrected chi connectivity index (χ4v) is 2.43. The minimum Gasteiger partial charge on any atom is -0.493 e. The van der Waals surface area contributed by atoms with Gasteiger partial charge in [-0.1, -0.05) is 65.1 Å². The van der Waals surface area contributed by atoms with Gasteiger partial charge in [-0.15, -0.1) is 0 Å². The summed E-state index contributed by atoms with van der Waals surface area (Å²) in [4.78, 5) is 23.5. The minimum atomic E-state index is -0.608. The van der Waals surface area contributed by atoms with Crippen LogP contribution in [0.1, 0.15) is 32.0 Å². The molecule has 0 spiro atoms. The SMILES string of the molecule is COc1cc(C(NC(=O)CI)NC(=O)CI)ccc1OCCC(C)C. The molecule has 0 saturated heterocycles. The standard InChI is InChI=1S/C17H24I2N2O4/c1-11(2)6-7-25-13-5-4-12(8-14(13)24-3)17(20-15(22)9-18)21-16(23)10-19/h4-5,8,11,17H,6-7,9-10H2,1-3H3,(H,20,22)(H,21,23). The van der Waals surface area contributed by atoms with Crippen molar-refractivity contribution >= 4 is 57.0 Å². The summed E-state index contributed by atoms with van der Waals surface area (Å²) in [5, 5.41) is 5.60. The van der Waals surface area contributed by atoms with Gasteiger partial charge in [-0.3, -0.25) is 9.59 Å². The highest BCUT2D eigenvalue weighted by Gasteiger charge is 2.18. The van der Waals surface area contributed by atoms with Crippen LogP contribution in [-0.2, 0) is 9.59 Å². The third-order valence-electron chi connectivity index (χ3n) is 3.33. The Morgan fingerprint density at radius 2 is 1.68 bits per heavy atom. The molecule has 0 heterocycles. The summed E-state index contributed by atoms with van der Waals surface area (Å²) in [6.45, 7) is 4.88. The van der Waals surface area contributed by atoms with E-state index in [0.29, 0.717) is 32.9 Å². The van der Waals surface area contributed by atoms with Crippen molar-refractivity contribution in [1.82, 2.24) is 10.6 Å². The number of alkyl halides is 2. The van der Waals surface area contributed by atoms with E-state index in [1.165, 1.54) is 0 Å². The van der Waals surface area contributed by atoms with E-state index in [9.17, 15) is 9.59 Å². The van der Waals surface area contributed by atoms with Gasteiger partial charge in [-0.25, -0.2) is 0 Å². The fraction of sp³-hybridized carbons (Fsp3) is 0.529. The lowest BCUT2D eigenvalue weighted by molar-refractivity contribution is -0.121. The molecule has 2 amide bonds. The Labute approximate surface area is 176 Å². The molecule has 0 radical (unpaired) electrons. The van der Waals surface area contributed by atoms with Gasteiger partial charge in [0.15, 0.2) is 11.5 Å². The Bertz CT molecular complexity index is 564. The molecular formula is C17H24I2N2O4. The summed E-state index contributed by atoms with van der Waals surface area (Å²) in [5.74, 6) is 1.46. The maximum Gasteiger partial charge on any atom is 0.231 e. The van der Waals surface area contributed by atoms with Gasteiger partial charge in [-0.05, 0) is 30.0 Å². The van der Waals surface area contributed by atoms with Crippen molar-refractivity contribution < 1.29 is 19.1 Å². The molecule has 2 N–H and O–H groups in total. The number of nitrogens with one attached hydrogen (secondary N) is 2. The van der Waals surface area contributed by atoms with Crippen molar-refractivity contribution in [2.75, 3.05) is 22.6 Å². The van der Waals surface area contributed by atoms with Crippen LogP contribution < -0.4 is 20.1 Å². The number of carbonyl (C=O) groups excluding carboxylic acids is 2. The quantitative estimate of drug-likeness (QED) is 0.256. The molecule has 1 rings (SSSR count). The summed E-state index contributed by atoms with van der Waals surface area (Å²) in [5.41, 5.74) is 0.726. The second-order valence-electron chi connectivity index (χ2n) is 5.78. The summed E-state index contributed by atoms with van der Waals surface area (Å²) in [7, 11) is 1.57. The van der Waals surface area contributed by atoms with Crippen LogP contribution in [0.3, 0.4) is 0 Å². The average Bonchev–Trinajstić information content (AvgIpc) is 2.60. The Morgan fingerprint density at radius 1 is 1.08 bits per heavy atom. The molecule has 0 unspecified atom stereocenters. The third-order valence-corrected chi connectivity index (χ3v) is 4.71. The summed E-state index contributed by atoms with van der Waals surface area (Å²) < 4.78 is 11.8. The van der Waals surface area contributed by atoms with Crippen molar-refractivity contribution in [3.63, 3.8) is 0 Å². The largest absolute Gasteiger partial charge is 0.493 e. The minimum absolute atomic E-state index is 0.157. The van der Waals surface area contributed by atoms with Crippen LogP contribution >= 0.6 is 45.2 Å². The molecule has 1 aromatic carbocycles.